The second-order valence-corrected chi connectivity index (χ2v) is 16.1. The maximum Gasteiger partial charge on any atom is 0.306 e. The fraction of sp³-hybridized carbons (Fsp3) is 0.972. The van der Waals surface area contributed by atoms with Gasteiger partial charge in [0.05, 0.1) is 12.7 Å². The fourth-order valence-electron chi connectivity index (χ4n) is 11.6. The lowest BCUT2D eigenvalue weighted by Gasteiger charge is -2.61. The lowest BCUT2D eigenvalue weighted by molar-refractivity contribution is -0.273. The molecular formula is C36H60O4. The van der Waals surface area contributed by atoms with Crippen molar-refractivity contribution in [3.05, 3.63) is 0 Å². The number of fused-ring (bicyclic) bond motifs is 7. The molecule has 0 N–H and O–H groups in total. The third kappa shape index (κ3) is 5.01. The van der Waals surface area contributed by atoms with E-state index in [0.29, 0.717) is 41.1 Å². The molecule has 6 aliphatic rings. The summed E-state index contributed by atoms with van der Waals surface area (Å²) in [5.74, 6) is 4.77. The Morgan fingerprint density at radius 3 is 2.40 bits per heavy atom. The van der Waals surface area contributed by atoms with Crippen molar-refractivity contribution in [3.8, 4) is 0 Å². The Labute approximate surface area is 245 Å². The second kappa shape index (κ2) is 11.5. The molecule has 6 rings (SSSR count). The third-order valence-electron chi connectivity index (χ3n) is 13.9. The van der Waals surface area contributed by atoms with Crippen molar-refractivity contribution < 1.29 is 19.0 Å². The van der Waals surface area contributed by atoms with Gasteiger partial charge in [-0.05, 0) is 111 Å². The van der Waals surface area contributed by atoms with Gasteiger partial charge in [-0.3, -0.25) is 4.79 Å². The lowest BCUT2D eigenvalue weighted by Crippen LogP contribution is -2.55. The van der Waals surface area contributed by atoms with E-state index in [2.05, 4.69) is 34.6 Å². The maximum atomic E-state index is 12.6. The van der Waals surface area contributed by atoms with Gasteiger partial charge in [0.1, 0.15) is 6.10 Å². The Hall–Kier alpha value is -0.610. The molecule has 2 aliphatic heterocycles. The Morgan fingerprint density at radius 2 is 1.62 bits per heavy atom. The second-order valence-electron chi connectivity index (χ2n) is 16.1. The first-order valence-electron chi connectivity index (χ1n) is 17.7. The zero-order valence-corrected chi connectivity index (χ0v) is 26.6. The summed E-state index contributed by atoms with van der Waals surface area (Å²) in [7, 11) is 0. The molecule has 1 spiro atoms. The first kappa shape index (κ1) is 29.5. The molecular weight excluding hydrogens is 496 g/mol. The van der Waals surface area contributed by atoms with Gasteiger partial charge in [0, 0.05) is 18.8 Å². The van der Waals surface area contributed by atoms with Crippen molar-refractivity contribution in [2.75, 3.05) is 6.61 Å². The smallest absolute Gasteiger partial charge is 0.306 e. The van der Waals surface area contributed by atoms with E-state index in [9.17, 15) is 4.79 Å². The molecule has 0 amide bonds. The summed E-state index contributed by atoms with van der Waals surface area (Å²) >= 11 is 0. The van der Waals surface area contributed by atoms with Crippen LogP contribution in [-0.2, 0) is 19.0 Å². The van der Waals surface area contributed by atoms with Crippen molar-refractivity contribution in [1.82, 2.24) is 0 Å². The molecule has 228 valence electrons. The molecule has 6 fully saturated rings. The monoisotopic (exact) mass is 556 g/mol. The van der Waals surface area contributed by atoms with Crippen molar-refractivity contribution in [3.63, 3.8) is 0 Å². The van der Waals surface area contributed by atoms with Crippen LogP contribution in [0.15, 0.2) is 0 Å². The number of carbonyl (C=O) groups is 1. The predicted molar refractivity (Wildman–Crippen MR) is 160 cm³/mol. The van der Waals surface area contributed by atoms with E-state index < -0.39 is 0 Å². The van der Waals surface area contributed by atoms with Crippen LogP contribution in [0.4, 0.5) is 0 Å². The van der Waals surface area contributed by atoms with Crippen LogP contribution in [0.2, 0.25) is 0 Å². The predicted octanol–water partition coefficient (Wildman–Crippen LogP) is 9.10. The van der Waals surface area contributed by atoms with Crippen molar-refractivity contribution in [1.29, 1.82) is 0 Å². The third-order valence-corrected chi connectivity index (χ3v) is 13.9. The van der Waals surface area contributed by atoms with Gasteiger partial charge in [0.15, 0.2) is 5.79 Å². The average Bonchev–Trinajstić information content (AvgIpc) is 3.38. The summed E-state index contributed by atoms with van der Waals surface area (Å²) < 4.78 is 19.6. The van der Waals surface area contributed by atoms with Crippen LogP contribution in [0.1, 0.15) is 144 Å². The molecule has 40 heavy (non-hydrogen) atoms. The topological polar surface area (TPSA) is 44.8 Å². The van der Waals surface area contributed by atoms with Gasteiger partial charge in [0.2, 0.25) is 0 Å². The van der Waals surface area contributed by atoms with E-state index in [-0.39, 0.29) is 17.9 Å². The molecule has 4 nitrogen and oxygen atoms in total. The van der Waals surface area contributed by atoms with Crippen LogP contribution in [0.5, 0.6) is 0 Å². The molecule has 4 heteroatoms. The van der Waals surface area contributed by atoms with Gasteiger partial charge in [-0.1, -0.05) is 66.7 Å². The standard InChI is InChI=1S/C36H60O4/c1-6-7-8-9-10-11-12-32(37)39-27-16-18-34(4)26(21-27)13-14-28-29(34)17-19-35(5)30(28)22-31-33(35)25(3)36(40-31)20-15-24(2)23-38-36/h24-31,33H,6-23H2,1-5H3/t24-,25+,26+,27-,28-,29+,30-,31+,33+,34+,35+,36-/m1/s1. The zero-order chi connectivity index (χ0) is 28.1. The van der Waals surface area contributed by atoms with Crippen LogP contribution in [0.25, 0.3) is 0 Å². The number of esters is 1. The summed E-state index contributed by atoms with van der Waals surface area (Å²) in [5.41, 5.74) is 0.814. The van der Waals surface area contributed by atoms with Crippen molar-refractivity contribution in [2.45, 2.75) is 162 Å². The first-order chi connectivity index (χ1) is 19.2. The van der Waals surface area contributed by atoms with Crippen LogP contribution in [-0.4, -0.2) is 30.6 Å². The molecule has 12 atom stereocenters. The molecule has 0 unspecified atom stereocenters. The molecule has 0 aromatic heterocycles. The number of hydrogen-bond donors (Lipinski definition) is 0. The normalized spacial score (nSPS) is 49.7. The quantitative estimate of drug-likeness (QED) is 0.221. The molecule has 0 aromatic carbocycles. The Kier molecular flexibility index (Phi) is 8.45. The highest BCUT2D eigenvalue weighted by molar-refractivity contribution is 5.69. The van der Waals surface area contributed by atoms with Gasteiger partial charge >= 0.3 is 5.97 Å². The fourth-order valence-corrected chi connectivity index (χ4v) is 11.6. The average molecular weight is 557 g/mol. The van der Waals surface area contributed by atoms with Crippen LogP contribution in [0.3, 0.4) is 0 Å². The SMILES string of the molecule is CCCCCCCCC(=O)O[C@@H]1CC[C@@]2(C)[C@@H](CC[C@H]3[C@H]4C[C@@H]5O[C@]6(CC[C@@H](C)CO6)[C@@H](C)[C@@H]5[C@@]4(C)CC[C@@H]32)C1. The molecule has 2 heterocycles. The summed E-state index contributed by atoms with van der Waals surface area (Å²) in [6.45, 7) is 13.2. The van der Waals surface area contributed by atoms with Gasteiger partial charge in [0.25, 0.3) is 0 Å². The van der Waals surface area contributed by atoms with Gasteiger partial charge in [-0.15, -0.1) is 0 Å². The summed E-state index contributed by atoms with van der Waals surface area (Å²) in [6, 6.07) is 0. The van der Waals surface area contributed by atoms with E-state index in [4.69, 9.17) is 14.2 Å². The molecule has 0 bridgehead atoms. The highest BCUT2D eigenvalue weighted by Crippen LogP contribution is 2.71. The Balaban J connectivity index is 1.05. The number of carbonyl (C=O) groups excluding carboxylic acids is 1. The minimum Gasteiger partial charge on any atom is -0.462 e. The maximum absolute atomic E-state index is 12.6. The highest BCUT2D eigenvalue weighted by Gasteiger charge is 2.69. The molecule has 4 aliphatic carbocycles. The molecule has 4 saturated carbocycles. The van der Waals surface area contributed by atoms with Gasteiger partial charge in [-0.2, -0.15) is 0 Å². The van der Waals surface area contributed by atoms with E-state index in [0.717, 1.165) is 56.0 Å². The van der Waals surface area contributed by atoms with E-state index >= 15 is 0 Å². The van der Waals surface area contributed by atoms with E-state index in [1.807, 2.05) is 0 Å². The number of rotatable bonds is 8. The van der Waals surface area contributed by atoms with Crippen LogP contribution in [0, 0.1) is 52.3 Å². The molecule has 2 saturated heterocycles. The minimum absolute atomic E-state index is 0.0620. The van der Waals surface area contributed by atoms with Crippen LogP contribution >= 0.6 is 0 Å². The number of unbranched alkanes of at least 4 members (excludes halogenated alkanes) is 5. The first-order valence-corrected chi connectivity index (χ1v) is 17.7. The highest BCUT2D eigenvalue weighted by atomic mass is 16.7. The molecule has 0 radical (unpaired) electrons. The number of ether oxygens (including phenoxy) is 3. The van der Waals surface area contributed by atoms with E-state index in [1.54, 1.807) is 0 Å². The van der Waals surface area contributed by atoms with Crippen molar-refractivity contribution in [2.24, 2.45) is 52.3 Å². The number of hydrogen-bond acceptors (Lipinski definition) is 4. The van der Waals surface area contributed by atoms with Crippen LogP contribution < -0.4 is 0 Å². The summed E-state index contributed by atoms with van der Waals surface area (Å²) in [5, 5.41) is 0. The van der Waals surface area contributed by atoms with Crippen molar-refractivity contribution >= 4 is 5.97 Å². The summed E-state index contributed by atoms with van der Waals surface area (Å²) in [4.78, 5) is 12.6. The minimum atomic E-state index is -0.304. The lowest BCUT2D eigenvalue weighted by atomic mass is 9.44. The van der Waals surface area contributed by atoms with Gasteiger partial charge in [-0.25, -0.2) is 0 Å². The Bertz CT molecular complexity index is 893. The van der Waals surface area contributed by atoms with Gasteiger partial charge < -0.3 is 14.2 Å². The largest absolute Gasteiger partial charge is 0.462 e. The molecule has 0 aromatic rings. The summed E-state index contributed by atoms with van der Waals surface area (Å²) in [6.07, 6.45) is 20.9. The zero-order valence-electron chi connectivity index (χ0n) is 26.6. The Morgan fingerprint density at radius 1 is 0.850 bits per heavy atom. The van der Waals surface area contributed by atoms with E-state index in [1.165, 1.54) is 77.0 Å².